The van der Waals surface area contributed by atoms with Crippen molar-refractivity contribution in [3.8, 4) is 0 Å². The molecule has 0 bridgehead atoms. The summed E-state index contributed by atoms with van der Waals surface area (Å²) in [5.41, 5.74) is 2.91. The number of carbonyl (C=O) groups is 4. The second kappa shape index (κ2) is 9.13. The van der Waals surface area contributed by atoms with E-state index in [9.17, 15) is 19.2 Å². The van der Waals surface area contributed by atoms with Gasteiger partial charge in [0, 0.05) is 24.1 Å². The second-order valence-corrected chi connectivity index (χ2v) is 8.34. The Morgan fingerprint density at radius 1 is 1.13 bits per heavy atom. The summed E-state index contributed by atoms with van der Waals surface area (Å²) in [5.74, 6) is -1.66. The molecule has 3 rings (SSSR count). The van der Waals surface area contributed by atoms with Crippen molar-refractivity contribution in [2.24, 2.45) is 0 Å². The van der Waals surface area contributed by atoms with Gasteiger partial charge in [-0.15, -0.1) is 11.8 Å². The van der Waals surface area contributed by atoms with Crippen LogP contribution in [0.2, 0.25) is 0 Å². The summed E-state index contributed by atoms with van der Waals surface area (Å²) in [4.78, 5) is 50.2. The zero-order valence-corrected chi connectivity index (χ0v) is 17.7. The summed E-state index contributed by atoms with van der Waals surface area (Å²) in [6, 6.07) is 12.3. The Kier molecular flexibility index (Phi) is 6.56. The molecule has 1 saturated heterocycles. The Hall–Kier alpha value is -3.13. The van der Waals surface area contributed by atoms with E-state index in [0.717, 1.165) is 27.8 Å². The van der Waals surface area contributed by atoms with Gasteiger partial charge >= 0.3 is 5.97 Å². The molecule has 0 aromatic heterocycles. The normalized spacial score (nSPS) is 16.0. The Balaban J connectivity index is 1.62. The molecule has 8 heteroatoms. The lowest BCUT2D eigenvalue weighted by Gasteiger charge is -2.12. The lowest BCUT2D eigenvalue weighted by atomic mass is 10.1. The highest BCUT2D eigenvalue weighted by Crippen LogP contribution is 2.33. The van der Waals surface area contributed by atoms with Crippen LogP contribution >= 0.6 is 11.8 Å². The van der Waals surface area contributed by atoms with Crippen LogP contribution in [-0.2, 0) is 19.1 Å². The molecule has 1 N–H and O–H groups in total. The van der Waals surface area contributed by atoms with E-state index in [1.165, 1.54) is 7.05 Å². The summed E-state index contributed by atoms with van der Waals surface area (Å²) in [5, 5.41) is 2.13. The fourth-order valence-electron chi connectivity index (χ4n) is 3.16. The first kappa shape index (κ1) is 21.6. The number of ether oxygens (including phenoxy) is 1. The lowest BCUT2D eigenvalue weighted by molar-refractivity contribution is -0.136. The monoisotopic (exact) mass is 426 g/mol. The Bertz CT molecular complexity index is 1000. The molecule has 0 saturated carbocycles. The summed E-state index contributed by atoms with van der Waals surface area (Å²) in [6.45, 7) is 3.42. The van der Waals surface area contributed by atoms with E-state index < -0.39 is 23.7 Å². The van der Waals surface area contributed by atoms with Crippen LogP contribution < -0.4 is 5.32 Å². The van der Waals surface area contributed by atoms with Gasteiger partial charge < -0.3 is 10.1 Å². The number of nitrogens with zero attached hydrogens (tertiary/aromatic N) is 1. The zero-order chi connectivity index (χ0) is 21.8. The molecular weight excluding hydrogens is 404 g/mol. The van der Waals surface area contributed by atoms with Crippen molar-refractivity contribution in [2.75, 3.05) is 19.0 Å². The van der Waals surface area contributed by atoms with Crippen molar-refractivity contribution in [1.82, 2.24) is 4.90 Å². The second-order valence-electron chi connectivity index (χ2n) is 7.10. The quantitative estimate of drug-likeness (QED) is 0.564. The van der Waals surface area contributed by atoms with Crippen LogP contribution in [0.4, 0.5) is 5.69 Å². The molecule has 30 heavy (non-hydrogen) atoms. The van der Waals surface area contributed by atoms with Gasteiger partial charge in [-0.3, -0.25) is 19.3 Å². The fraction of sp³-hybridized carbons (Fsp3) is 0.273. The number of esters is 1. The van der Waals surface area contributed by atoms with Crippen LogP contribution in [0.15, 0.2) is 47.4 Å². The summed E-state index contributed by atoms with van der Waals surface area (Å²) in [7, 11) is 1.44. The molecule has 7 nitrogen and oxygen atoms in total. The largest absolute Gasteiger partial charge is 0.452 e. The first-order valence-corrected chi connectivity index (χ1v) is 10.2. The molecule has 2 aromatic carbocycles. The highest BCUT2D eigenvalue weighted by molar-refractivity contribution is 8.00. The summed E-state index contributed by atoms with van der Waals surface area (Å²) in [6.07, 6.45) is 0.0850. The van der Waals surface area contributed by atoms with E-state index in [2.05, 4.69) is 5.32 Å². The van der Waals surface area contributed by atoms with Gasteiger partial charge in [-0.05, 0) is 49.2 Å². The highest BCUT2D eigenvalue weighted by Gasteiger charge is 2.37. The van der Waals surface area contributed by atoms with Crippen LogP contribution in [0.1, 0.15) is 27.9 Å². The van der Waals surface area contributed by atoms with E-state index >= 15 is 0 Å². The van der Waals surface area contributed by atoms with E-state index in [0.29, 0.717) is 10.6 Å². The number of imide groups is 1. The molecule has 0 radical (unpaired) electrons. The minimum atomic E-state index is -0.668. The smallest absolute Gasteiger partial charge is 0.339 e. The summed E-state index contributed by atoms with van der Waals surface area (Å²) < 4.78 is 5.17. The maximum absolute atomic E-state index is 12.5. The lowest BCUT2D eigenvalue weighted by Crippen LogP contribution is -2.26. The molecule has 1 fully saturated rings. The van der Waals surface area contributed by atoms with Gasteiger partial charge in [0.25, 0.3) is 5.91 Å². The number of benzene rings is 2. The van der Waals surface area contributed by atoms with Crippen molar-refractivity contribution in [3.63, 3.8) is 0 Å². The molecule has 1 unspecified atom stereocenters. The molecule has 1 aliphatic heterocycles. The first-order chi connectivity index (χ1) is 14.2. The molecular formula is C22H22N2O5S. The molecule has 0 spiro atoms. The molecule has 1 aliphatic rings. The van der Waals surface area contributed by atoms with Gasteiger partial charge in [0.2, 0.25) is 11.8 Å². The number of rotatable bonds is 6. The number of hydrogen-bond donors (Lipinski definition) is 1. The maximum Gasteiger partial charge on any atom is 0.339 e. The topological polar surface area (TPSA) is 92.8 Å². The van der Waals surface area contributed by atoms with E-state index in [-0.39, 0.29) is 23.8 Å². The molecule has 1 heterocycles. The van der Waals surface area contributed by atoms with Gasteiger partial charge in [0.1, 0.15) is 0 Å². The number of aryl methyl sites for hydroxylation is 2. The third-order valence-corrected chi connectivity index (χ3v) is 5.82. The zero-order valence-electron chi connectivity index (χ0n) is 16.9. The third kappa shape index (κ3) is 5.07. The Labute approximate surface area is 178 Å². The van der Waals surface area contributed by atoms with Crippen molar-refractivity contribution in [2.45, 2.75) is 30.4 Å². The van der Waals surface area contributed by atoms with Crippen LogP contribution in [0.25, 0.3) is 0 Å². The Morgan fingerprint density at radius 3 is 2.43 bits per heavy atom. The first-order valence-electron chi connectivity index (χ1n) is 9.36. The van der Waals surface area contributed by atoms with Gasteiger partial charge in [0.15, 0.2) is 6.61 Å². The van der Waals surface area contributed by atoms with Crippen molar-refractivity contribution >= 4 is 41.1 Å². The van der Waals surface area contributed by atoms with Crippen LogP contribution in [0.5, 0.6) is 0 Å². The Morgan fingerprint density at radius 2 is 1.80 bits per heavy atom. The van der Waals surface area contributed by atoms with Gasteiger partial charge in [-0.25, -0.2) is 4.79 Å². The number of carbonyl (C=O) groups excluding carboxylic acids is 4. The van der Waals surface area contributed by atoms with Gasteiger partial charge in [-0.2, -0.15) is 0 Å². The van der Waals surface area contributed by atoms with Gasteiger partial charge in [0.05, 0.1) is 10.8 Å². The standard InChI is InChI=1S/C22H22N2O5S/c1-13-8-14(2)10-15(9-13)23-19(25)12-29-22(28)16-6-4-5-7-17(16)30-18-11-20(26)24(3)21(18)27/h4-10,18H,11-12H2,1-3H3,(H,23,25). The van der Waals surface area contributed by atoms with E-state index in [4.69, 9.17) is 4.74 Å². The molecule has 1 atom stereocenters. The van der Waals surface area contributed by atoms with Crippen LogP contribution in [0, 0.1) is 13.8 Å². The number of thioether (sulfide) groups is 1. The maximum atomic E-state index is 12.5. The van der Waals surface area contributed by atoms with Crippen LogP contribution in [-0.4, -0.2) is 47.5 Å². The number of likely N-dealkylation sites (tertiary alicyclic amines) is 1. The van der Waals surface area contributed by atoms with Crippen LogP contribution in [0.3, 0.4) is 0 Å². The number of nitrogens with one attached hydrogen (secondary N) is 1. The number of anilines is 1. The van der Waals surface area contributed by atoms with Crippen molar-refractivity contribution in [1.29, 1.82) is 0 Å². The highest BCUT2D eigenvalue weighted by atomic mass is 32.2. The SMILES string of the molecule is Cc1cc(C)cc(NC(=O)COC(=O)c2ccccc2SC2CC(=O)N(C)C2=O)c1. The fourth-order valence-corrected chi connectivity index (χ4v) is 4.38. The average Bonchev–Trinajstić information content (AvgIpc) is 2.92. The minimum absolute atomic E-state index is 0.0850. The van der Waals surface area contributed by atoms with Crippen molar-refractivity contribution < 1.29 is 23.9 Å². The third-order valence-electron chi connectivity index (χ3n) is 4.56. The minimum Gasteiger partial charge on any atom is -0.452 e. The molecule has 0 aliphatic carbocycles. The van der Waals surface area contributed by atoms with Gasteiger partial charge in [-0.1, -0.05) is 18.2 Å². The summed E-state index contributed by atoms with van der Waals surface area (Å²) >= 11 is 1.15. The molecule has 3 amide bonds. The average molecular weight is 426 g/mol. The number of hydrogen-bond acceptors (Lipinski definition) is 6. The predicted octanol–water partition coefficient (Wildman–Crippen LogP) is 2.95. The molecule has 156 valence electrons. The van der Waals surface area contributed by atoms with Crippen molar-refractivity contribution in [3.05, 3.63) is 59.2 Å². The predicted molar refractivity (Wildman–Crippen MR) is 113 cm³/mol. The molecule has 2 aromatic rings. The van der Waals surface area contributed by atoms with E-state index in [1.54, 1.807) is 24.3 Å². The van der Waals surface area contributed by atoms with E-state index in [1.807, 2.05) is 32.0 Å². The number of amides is 3.